The molecule has 5 rings (SSSR count). The van der Waals surface area contributed by atoms with Gasteiger partial charge in [-0.15, -0.1) is 0 Å². The Hall–Kier alpha value is -3.19. The van der Waals surface area contributed by atoms with Crippen LogP contribution in [0, 0.1) is 0 Å². The van der Waals surface area contributed by atoms with Crippen LogP contribution in [0.3, 0.4) is 0 Å². The first kappa shape index (κ1) is 21.6. The van der Waals surface area contributed by atoms with Crippen molar-refractivity contribution in [3.8, 4) is 0 Å². The van der Waals surface area contributed by atoms with Crippen LogP contribution in [-0.4, -0.2) is 50.5 Å². The highest BCUT2D eigenvalue weighted by Gasteiger charge is 2.42. The molecule has 33 heavy (non-hydrogen) atoms. The maximum absolute atomic E-state index is 13.1. The number of thiocarbonyl (C=S) groups is 1. The van der Waals surface area contributed by atoms with Crippen LogP contribution in [0.5, 0.6) is 0 Å². The second kappa shape index (κ2) is 7.70. The van der Waals surface area contributed by atoms with Crippen LogP contribution in [0.4, 0.5) is 0 Å². The number of hydrogen-bond acceptors (Lipinski definition) is 4. The molecule has 170 valence electrons. The molecule has 1 aromatic heterocycles. The lowest BCUT2D eigenvalue weighted by Crippen LogP contribution is -2.56. The average Bonchev–Trinajstić information content (AvgIpc) is 3.09. The lowest BCUT2D eigenvalue weighted by molar-refractivity contribution is -0.130. The van der Waals surface area contributed by atoms with Crippen molar-refractivity contribution >= 4 is 40.1 Å². The van der Waals surface area contributed by atoms with Crippen molar-refractivity contribution in [3.63, 3.8) is 0 Å². The van der Waals surface area contributed by atoms with Gasteiger partial charge in [-0.05, 0) is 62.3 Å². The minimum Gasteiger partial charge on any atom is -0.456 e. The zero-order valence-electron chi connectivity index (χ0n) is 19.3. The normalized spacial score (nSPS) is 18.0. The summed E-state index contributed by atoms with van der Waals surface area (Å²) in [5, 5.41) is 1.71. The van der Waals surface area contributed by atoms with Gasteiger partial charge in [-0.2, -0.15) is 0 Å². The fourth-order valence-corrected chi connectivity index (χ4v) is 5.06. The number of hydrogen-bond donors (Lipinski definition) is 0. The lowest BCUT2D eigenvalue weighted by atomic mass is 9.89. The summed E-state index contributed by atoms with van der Waals surface area (Å²) >= 11 is 5.55. The summed E-state index contributed by atoms with van der Waals surface area (Å²) in [6.45, 7) is 7.53. The standard InChI is InChI=1S/C26H27N3O3S/c1-26(2,3)32-24(31)17-11-9-16(10-12-17)13-29-20-8-6-5-7-18(20)22-19-14-28(15-21(22)29)25(33)27(4)23(19)30/h5-12,19H,13-15H2,1-4H3. The van der Waals surface area contributed by atoms with Crippen LogP contribution >= 0.6 is 12.2 Å². The van der Waals surface area contributed by atoms with Crippen LogP contribution in [-0.2, 0) is 22.6 Å². The molecule has 1 unspecified atom stereocenters. The van der Waals surface area contributed by atoms with E-state index in [1.807, 2.05) is 57.2 Å². The van der Waals surface area contributed by atoms with Gasteiger partial charge in [0, 0.05) is 36.7 Å². The smallest absolute Gasteiger partial charge is 0.338 e. The molecule has 0 radical (unpaired) electrons. The molecule has 2 aromatic carbocycles. The molecule has 3 aromatic rings. The van der Waals surface area contributed by atoms with Gasteiger partial charge >= 0.3 is 5.97 Å². The summed E-state index contributed by atoms with van der Waals surface area (Å²) in [6.07, 6.45) is 0. The Morgan fingerprint density at radius 3 is 2.52 bits per heavy atom. The van der Waals surface area contributed by atoms with Crippen molar-refractivity contribution in [2.45, 2.75) is 45.4 Å². The zero-order valence-corrected chi connectivity index (χ0v) is 20.1. The number of amides is 1. The number of carbonyl (C=O) groups excluding carboxylic acids is 2. The molecule has 6 nitrogen and oxygen atoms in total. The molecular weight excluding hydrogens is 434 g/mol. The molecule has 7 heteroatoms. The van der Waals surface area contributed by atoms with E-state index in [1.165, 1.54) is 0 Å². The number of para-hydroxylation sites is 1. The molecule has 0 spiro atoms. The molecule has 1 amide bonds. The summed E-state index contributed by atoms with van der Waals surface area (Å²) in [7, 11) is 1.76. The number of esters is 1. The Bertz CT molecular complexity index is 1290. The highest BCUT2D eigenvalue weighted by atomic mass is 32.1. The third-order valence-corrected chi connectivity index (χ3v) is 6.86. The fourth-order valence-electron chi connectivity index (χ4n) is 4.83. The minimum absolute atomic E-state index is 0.0572. The Kier molecular flexibility index (Phi) is 5.05. The summed E-state index contributed by atoms with van der Waals surface area (Å²) in [5.41, 5.74) is 4.43. The largest absolute Gasteiger partial charge is 0.456 e. The van der Waals surface area contributed by atoms with Crippen LogP contribution in [0.25, 0.3) is 10.9 Å². The molecule has 2 aliphatic rings. The molecule has 1 atom stereocenters. The first-order valence-electron chi connectivity index (χ1n) is 11.1. The van der Waals surface area contributed by atoms with Gasteiger partial charge in [-0.1, -0.05) is 30.3 Å². The number of fused-ring (bicyclic) bond motifs is 6. The summed E-state index contributed by atoms with van der Waals surface area (Å²) < 4.78 is 7.76. The second-order valence-electron chi connectivity index (χ2n) is 9.78. The molecule has 1 saturated heterocycles. The zero-order chi connectivity index (χ0) is 23.5. The van der Waals surface area contributed by atoms with Gasteiger partial charge in [0.05, 0.1) is 18.0 Å². The van der Waals surface area contributed by atoms with Crippen LogP contribution < -0.4 is 0 Å². The van der Waals surface area contributed by atoms with Crippen LogP contribution in [0.2, 0.25) is 0 Å². The van der Waals surface area contributed by atoms with Gasteiger partial charge < -0.3 is 14.2 Å². The van der Waals surface area contributed by atoms with Gasteiger partial charge in [0.2, 0.25) is 5.91 Å². The topological polar surface area (TPSA) is 54.8 Å². The molecule has 0 N–H and O–H groups in total. The number of benzene rings is 2. The Morgan fingerprint density at radius 1 is 1.12 bits per heavy atom. The molecule has 0 saturated carbocycles. The third-order valence-electron chi connectivity index (χ3n) is 6.33. The van der Waals surface area contributed by atoms with Crippen LogP contribution in [0.1, 0.15) is 53.9 Å². The number of aromatic nitrogens is 1. The summed E-state index contributed by atoms with van der Waals surface area (Å²) in [4.78, 5) is 29.2. The number of nitrogens with zero attached hydrogens (tertiary/aromatic N) is 3. The van der Waals surface area contributed by atoms with E-state index in [4.69, 9.17) is 17.0 Å². The number of rotatable bonds is 3. The molecule has 1 fully saturated rings. The molecule has 2 aliphatic heterocycles. The maximum Gasteiger partial charge on any atom is 0.338 e. The monoisotopic (exact) mass is 461 g/mol. The van der Waals surface area contributed by atoms with Crippen molar-refractivity contribution in [1.82, 2.24) is 14.4 Å². The lowest BCUT2D eigenvalue weighted by Gasteiger charge is -2.43. The third kappa shape index (κ3) is 3.70. The van der Waals surface area contributed by atoms with Crippen LogP contribution in [0.15, 0.2) is 48.5 Å². The van der Waals surface area contributed by atoms with Gasteiger partial charge in [0.15, 0.2) is 5.11 Å². The van der Waals surface area contributed by atoms with Crippen molar-refractivity contribution in [2.24, 2.45) is 0 Å². The molecular formula is C26H27N3O3S. The summed E-state index contributed by atoms with van der Waals surface area (Å²) in [5.74, 6) is -0.484. The SMILES string of the molecule is CN1C(=O)C2CN(Cc3c2c2ccccc2n3Cc2ccc(C(=O)OC(C)(C)C)cc2)C1=S. The Labute approximate surface area is 198 Å². The number of carbonyl (C=O) groups is 2. The maximum atomic E-state index is 13.1. The van der Waals surface area contributed by atoms with E-state index in [0.29, 0.717) is 30.3 Å². The predicted molar refractivity (Wildman–Crippen MR) is 131 cm³/mol. The van der Waals surface area contributed by atoms with Crippen molar-refractivity contribution < 1.29 is 14.3 Å². The van der Waals surface area contributed by atoms with E-state index in [2.05, 4.69) is 21.6 Å². The first-order valence-corrected chi connectivity index (χ1v) is 11.5. The van der Waals surface area contributed by atoms with E-state index in [-0.39, 0.29) is 17.8 Å². The molecule has 2 bridgehead atoms. The highest BCUT2D eigenvalue weighted by molar-refractivity contribution is 7.80. The van der Waals surface area contributed by atoms with Crippen molar-refractivity contribution in [1.29, 1.82) is 0 Å². The number of ether oxygens (including phenoxy) is 1. The highest BCUT2D eigenvalue weighted by Crippen LogP contribution is 2.40. The van der Waals surface area contributed by atoms with E-state index in [1.54, 1.807) is 11.9 Å². The van der Waals surface area contributed by atoms with E-state index in [0.717, 1.165) is 27.7 Å². The average molecular weight is 462 g/mol. The van der Waals surface area contributed by atoms with E-state index in [9.17, 15) is 9.59 Å². The number of likely N-dealkylation sites (N-methyl/N-ethyl adjacent to an activating group) is 1. The van der Waals surface area contributed by atoms with Gasteiger partial charge in [-0.3, -0.25) is 9.69 Å². The Balaban J connectivity index is 1.53. The van der Waals surface area contributed by atoms with E-state index < -0.39 is 5.60 Å². The Morgan fingerprint density at radius 2 is 1.82 bits per heavy atom. The first-order chi connectivity index (χ1) is 15.6. The quantitative estimate of drug-likeness (QED) is 0.430. The minimum atomic E-state index is -0.529. The predicted octanol–water partition coefficient (Wildman–Crippen LogP) is 4.30. The van der Waals surface area contributed by atoms with Gasteiger partial charge in [0.25, 0.3) is 0 Å². The molecule has 3 heterocycles. The second-order valence-corrected chi connectivity index (χ2v) is 10.1. The fraction of sp³-hybridized carbons (Fsp3) is 0.346. The van der Waals surface area contributed by atoms with Crippen molar-refractivity contribution in [3.05, 3.63) is 70.9 Å². The summed E-state index contributed by atoms with van der Waals surface area (Å²) in [6, 6.07) is 15.8. The van der Waals surface area contributed by atoms with Gasteiger partial charge in [0.1, 0.15) is 5.60 Å². The van der Waals surface area contributed by atoms with Gasteiger partial charge in [-0.25, -0.2) is 4.79 Å². The molecule has 0 aliphatic carbocycles. The van der Waals surface area contributed by atoms with E-state index >= 15 is 0 Å². The van der Waals surface area contributed by atoms with Crippen molar-refractivity contribution in [2.75, 3.05) is 13.6 Å².